The van der Waals surface area contributed by atoms with E-state index in [0.717, 1.165) is 29.3 Å². The van der Waals surface area contributed by atoms with E-state index in [1.54, 1.807) is 11.8 Å². The largest absolute Gasteiger partial charge is 0.342 e. The number of carbonyl (C=O) groups excluding carboxylic acids is 1. The van der Waals surface area contributed by atoms with E-state index in [4.69, 9.17) is 0 Å². The van der Waals surface area contributed by atoms with Gasteiger partial charge < -0.3 is 10.3 Å². The fourth-order valence-corrected chi connectivity index (χ4v) is 3.33. The zero-order valence-corrected chi connectivity index (χ0v) is 15.8. The number of nitrogens with one attached hydrogen (secondary N) is 2. The molecule has 1 atom stereocenters. The highest BCUT2D eigenvalue weighted by Gasteiger charge is 2.17. The van der Waals surface area contributed by atoms with E-state index in [2.05, 4.69) is 21.5 Å². The van der Waals surface area contributed by atoms with Gasteiger partial charge in [-0.2, -0.15) is 11.8 Å². The van der Waals surface area contributed by atoms with Crippen LogP contribution < -0.4 is 5.32 Å². The van der Waals surface area contributed by atoms with Crippen LogP contribution in [0.15, 0.2) is 60.8 Å². The van der Waals surface area contributed by atoms with Crippen molar-refractivity contribution < 1.29 is 4.79 Å². The van der Waals surface area contributed by atoms with Crippen molar-refractivity contribution in [2.75, 3.05) is 6.26 Å². The minimum absolute atomic E-state index is 0.0785. The Kier molecular flexibility index (Phi) is 6.12. The summed E-state index contributed by atoms with van der Waals surface area (Å²) in [5.41, 5.74) is 3.93. The van der Waals surface area contributed by atoms with Crippen LogP contribution in [0.3, 0.4) is 0 Å². The Morgan fingerprint density at radius 2 is 1.88 bits per heavy atom. The second kappa shape index (κ2) is 8.72. The molecule has 0 aliphatic carbocycles. The first-order valence-corrected chi connectivity index (χ1v) is 10.1. The van der Waals surface area contributed by atoms with Crippen molar-refractivity contribution in [2.45, 2.75) is 25.1 Å². The summed E-state index contributed by atoms with van der Waals surface area (Å²) in [5, 5.41) is 3.08. The van der Waals surface area contributed by atoms with Gasteiger partial charge in [0.05, 0.1) is 17.9 Å². The van der Waals surface area contributed by atoms with Crippen molar-refractivity contribution in [2.24, 2.45) is 0 Å². The van der Waals surface area contributed by atoms with Gasteiger partial charge in [-0.25, -0.2) is 4.98 Å². The molecule has 1 amide bonds. The maximum Gasteiger partial charge on any atom is 0.251 e. The van der Waals surface area contributed by atoms with E-state index in [1.807, 2.05) is 67.7 Å². The second-order valence-corrected chi connectivity index (χ2v) is 6.98. The number of carbonyl (C=O) groups is 1. The van der Waals surface area contributed by atoms with Crippen LogP contribution in [0, 0.1) is 0 Å². The molecule has 3 rings (SSSR count). The molecule has 134 valence electrons. The third-order valence-corrected chi connectivity index (χ3v) is 4.87. The molecule has 0 spiro atoms. The predicted octanol–water partition coefficient (Wildman–Crippen LogP) is 4.82. The molecule has 4 nitrogen and oxygen atoms in total. The molecular weight excluding hydrogens is 342 g/mol. The normalized spacial score (nSPS) is 11.9. The maximum absolute atomic E-state index is 12.6. The highest BCUT2D eigenvalue weighted by atomic mass is 32.2. The lowest BCUT2D eigenvalue weighted by Crippen LogP contribution is -2.28. The SMILES string of the molecule is CCC(NC(=O)c1ccc(CSC)cc1)c1ncc(-c2ccccc2)[nH]1. The number of amides is 1. The molecule has 0 aliphatic heterocycles. The molecule has 1 aromatic heterocycles. The third-order valence-electron chi connectivity index (χ3n) is 4.25. The van der Waals surface area contributed by atoms with Crippen molar-refractivity contribution in [3.05, 3.63) is 77.7 Å². The number of imidazole rings is 1. The summed E-state index contributed by atoms with van der Waals surface area (Å²) in [7, 11) is 0. The van der Waals surface area contributed by atoms with Crippen LogP contribution in [-0.4, -0.2) is 22.1 Å². The topological polar surface area (TPSA) is 57.8 Å². The number of rotatable bonds is 7. The van der Waals surface area contributed by atoms with Crippen LogP contribution in [0.1, 0.15) is 41.1 Å². The molecule has 2 N–H and O–H groups in total. The van der Waals surface area contributed by atoms with Crippen molar-refractivity contribution in [1.82, 2.24) is 15.3 Å². The van der Waals surface area contributed by atoms with Crippen LogP contribution >= 0.6 is 11.8 Å². The minimum atomic E-state index is -0.147. The Morgan fingerprint density at radius 3 is 2.54 bits per heavy atom. The average molecular weight is 366 g/mol. The second-order valence-electron chi connectivity index (χ2n) is 6.11. The van der Waals surface area contributed by atoms with Gasteiger partial charge >= 0.3 is 0 Å². The Morgan fingerprint density at radius 1 is 1.15 bits per heavy atom. The number of hydrogen-bond acceptors (Lipinski definition) is 3. The zero-order valence-electron chi connectivity index (χ0n) is 15.0. The Hall–Kier alpha value is -2.53. The lowest BCUT2D eigenvalue weighted by Gasteiger charge is -2.15. The van der Waals surface area contributed by atoms with Gasteiger partial charge in [0.1, 0.15) is 5.82 Å². The molecule has 1 heterocycles. The summed E-state index contributed by atoms with van der Waals surface area (Å²) >= 11 is 1.77. The van der Waals surface area contributed by atoms with Gasteiger partial charge in [0.2, 0.25) is 0 Å². The molecule has 5 heteroatoms. The van der Waals surface area contributed by atoms with E-state index in [-0.39, 0.29) is 11.9 Å². The lowest BCUT2D eigenvalue weighted by molar-refractivity contribution is 0.0934. The van der Waals surface area contributed by atoms with E-state index in [1.165, 1.54) is 5.56 Å². The van der Waals surface area contributed by atoms with E-state index in [0.29, 0.717) is 5.56 Å². The lowest BCUT2D eigenvalue weighted by atomic mass is 10.1. The van der Waals surface area contributed by atoms with Crippen LogP contribution in [-0.2, 0) is 5.75 Å². The van der Waals surface area contributed by atoms with E-state index in [9.17, 15) is 4.79 Å². The molecule has 26 heavy (non-hydrogen) atoms. The number of hydrogen-bond donors (Lipinski definition) is 2. The number of aromatic amines is 1. The summed E-state index contributed by atoms with van der Waals surface area (Å²) in [6.07, 6.45) is 4.65. The smallest absolute Gasteiger partial charge is 0.251 e. The van der Waals surface area contributed by atoms with Gasteiger partial charge in [-0.05, 0) is 35.9 Å². The van der Waals surface area contributed by atoms with Gasteiger partial charge in [-0.1, -0.05) is 49.4 Å². The van der Waals surface area contributed by atoms with Crippen molar-refractivity contribution in [3.8, 4) is 11.3 Å². The quantitative estimate of drug-likeness (QED) is 0.631. The minimum Gasteiger partial charge on any atom is -0.342 e. The fourth-order valence-electron chi connectivity index (χ4n) is 2.80. The summed E-state index contributed by atoms with van der Waals surface area (Å²) in [6, 6.07) is 17.7. The molecular formula is C21H23N3OS. The molecule has 0 aliphatic rings. The molecule has 2 aromatic carbocycles. The van der Waals surface area contributed by atoms with Gasteiger partial charge in [0, 0.05) is 11.3 Å². The first-order valence-electron chi connectivity index (χ1n) is 8.70. The Balaban J connectivity index is 1.71. The molecule has 1 unspecified atom stereocenters. The van der Waals surface area contributed by atoms with Crippen LogP contribution in [0.25, 0.3) is 11.3 Å². The van der Waals surface area contributed by atoms with Gasteiger partial charge in [-0.15, -0.1) is 0 Å². The highest BCUT2D eigenvalue weighted by Crippen LogP contribution is 2.21. The highest BCUT2D eigenvalue weighted by molar-refractivity contribution is 7.97. The molecule has 0 bridgehead atoms. The van der Waals surface area contributed by atoms with Crippen LogP contribution in [0.4, 0.5) is 0 Å². The summed E-state index contributed by atoms with van der Waals surface area (Å²) in [4.78, 5) is 20.4. The first kappa shape index (κ1) is 18.3. The third kappa shape index (κ3) is 4.35. The number of benzene rings is 2. The van der Waals surface area contributed by atoms with Crippen LogP contribution in [0.5, 0.6) is 0 Å². The van der Waals surface area contributed by atoms with Gasteiger partial charge in [0.25, 0.3) is 5.91 Å². The monoisotopic (exact) mass is 365 g/mol. The molecule has 3 aromatic rings. The summed E-state index contributed by atoms with van der Waals surface area (Å²) in [6.45, 7) is 2.04. The van der Waals surface area contributed by atoms with Crippen molar-refractivity contribution >= 4 is 17.7 Å². The number of aromatic nitrogens is 2. The number of nitrogens with zero attached hydrogens (tertiary/aromatic N) is 1. The number of H-pyrrole nitrogens is 1. The maximum atomic E-state index is 12.6. The van der Waals surface area contributed by atoms with Gasteiger partial charge in [0.15, 0.2) is 0 Å². The first-order chi connectivity index (χ1) is 12.7. The number of thioether (sulfide) groups is 1. The standard InChI is InChI=1S/C21H23N3OS/c1-3-18(20-22-13-19(23-20)16-7-5-4-6-8-16)24-21(25)17-11-9-15(10-12-17)14-26-2/h4-13,18H,3,14H2,1-2H3,(H,22,23)(H,24,25). The van der Waals surface area contributed by atoms with Crippen LogP contribution in [0.2, 0.25) is 0 Å². The Bertz CT molecular complexity index is 843. The van der Waals surface area contributed by atoms with Crippen molar-refractivity contribution in [1.29, 1.82) is 0 Å². The van der Waals surface area contributed by atoms with Crippen molar-refractivity contribution in [3.63, 3.8) is 0 Å². The van der Waals surface area contributed by atoms with E-state index >= 15 is 0 Å². The zero-order chi connectivity index (χ0) is 18.4. The molecule has 0 radical (unpaired) electrons. The molecule has 0 fully saturated rings. The fraction of sp³-hybridized carbons (Fsp3) is 0.238. The molecule has 0 saturated heterocycles. The summed E-state index contributed by atoms with van der Waals surface area (Å²) in [5.74, 6) is 1.65. The van der Waals surface area contributed by atoms with Gasteiger partial charge in [-0.3, -0.25) is 4.79 Å². The molecule has 0 saturated carbocycles. The average Bonchev–Trinajstić information content (AvgIpc) is 3.17. The Labute approximate surface area is 158 Å². The summed E-state index contributed by atoms with van der Waals surface area (Å²) < 4.78 is 0. The van der Waals surface area contributed by atoms with E-state index < -0.39 is 0 Å². The predicted molar refractivity (Wildman–Crippen MR) is 108 cm³/mol.